The van der Waals surface area contributed by atoms with Crippen molar-refractivity contribution in [2.24, 2.45) is 23.2 Å². The summed E-state index contributed by atoms with van der Waals surface area (Å²) in [5.41, 5.74) is 1.69. The van der Waals surface area contributed by atoms with Crippen molar-refractivity contribution >= 4 is 33.2 Å². The molecule has 0 spiro atoms. The van der Waals surface area contributed by atoms with Crippen LogP contribution >= 0.6 is 0 Å². The molecule has 37 heavy (non-hydrogen) atoms. The Labute approximate surface area is 218 Å². The van der Waals surface area contributed by atoms with Gasteiger partial charge in [0, 0.05) is 12.2 Å². The first-order valence-electron chi connectivity index (χ1n) is 13.2. The molecule has 2 aromatic rings. The van der Waals surface area contributed by atoms with Crippen molar-refractivity contribution in [2.45, 2.75) is 55.9 Å². The molecule has 4 aliphatic carbocycles. The zero-order valence-corrected chi connectivity index (χ0v) is 21.7. The largest absolute Gasteiger partial charge is 0.346 e. The molecule has 4 fully saturated rings. The lowest BCUT2D eigenvalue weighted by Gasteiger charge is -2.55. The summed E-state index contributed by atoms with van der Waals surface area (Å²) < 4.78 is 28.7. The van der Waals surface area contributed by atoms with E-state index in [2.05, 4.69) is 17.2 Å². The number of nitrogens with zero attached hydrogens (tertiary/aromatic N) is 1. The lowest BCUT2D eigenvalue weighted by atomic mass is 9.49. The van der Waals surface area contributed by atoms with Crippen LogP contribution in [0.5, 0.6) is 0 Å². The molecule has 0 saturated heterocycles. The number of anilines is 2. The summed E-state index contributed by atoms with van der Waals surface area (Å²) in [4.78, 5) is 25.4. The number of sulfonamides is 1. The molecule has 2 amide bonds. The fraction of sp³-hybridized carbons (Fsp3) is 0.448. The van der Waals surface area contributed by atoms with E-state index in [9.17, 15) is 18.0 Å². The highest BCUT2D eigenvalue weighted by atomic mass is 32.2. The van der Waals surface area contributed by atoms with Crippen LogP contribution in [-0.2, 0) is 19.6 Å². The highest BCUT2D eigenvalue weighted by Crippen LogP contribution is 2.60. The van der Waals surface area contributed by atoms with E-state index in [0.717, 1.165) is 24.8 Å². The molecule has 1 unspecified atom stereocenters. The van der Waals surface area contributed by atoms with Crippen molar-refractivity contribution < 1.29 is 18.0 Å². The smallest absolute Gasteiger partial charge is 0.264 e. The highest BCUT2D eigenvalue weighted by molar-refractivity contribution is 7.92. The van der Waals surface area contributed by atoms with Gasteiger partial charge in [-0.25, -0.2) is 8.42 Å². The second-order valence-electron chi connectivity index (χ2n) is 11.4. The van der Waals surface area contributed by atoms with Crippen LogP contribution in [0.1, 0.15) is 56.6 Å². The van der Waals surface area contributed by atoms with E-state index >= 15 is 0 Å². The molecule has 0 aromatic heterocycles. The number of carbonyl (C=O) groups excluding carboxylic acids is 2. The molecule has 1 atom stereocenters. The molecule has 2 N–H and O–H groups in total. The number of hydrogen-bond acceptors (Lipinski definition) is 4. The maximum absolute atomic E-state index is 13.6. The van der Waals surface area contributed by atoms with E-state index < -0.39 is 10.0 Å². The maximum atomic E-state index is 13.6. The maximum Gasteiger partial charge on any atom is 0.264 e. The summed E-state index contributed by atoms with van der Waals surface area (Å²) in [5, 5.41) is 6.00. The van der Waals surface area contributed by atoms with Crippen LogP contribution in [0.25, 0.3) is 0 Å². The van der Waals surface area contributed by atoms with Gasteiger partial charge in [-0.05, 0) is 105 Å². The van der Waals surface area contributed by atoms with Gasteiger partial charge >= 0.3 is 0 Å². The third-order valence-electron chi connectivity index (χ3n) is 8.92. The molecule has 0 radical (unpaired) electrons. The summed E-state index contributed by atoms with van der Waals surface area (Å²) in [5.74, 6) is 1.85. The van der Waals surface area contributed by atoms with Crippen molar-refractivity contribution in [3.63, 3.8) is 0 Å². The minimum atomic E-state index is -3.83. The Morgan fingerprint density at radius 3 is 2.19 bits per heavy atom. The number of rotatable bonds is 6. The second-order valence-corrected chi connectivity index (χ2v) is 13.2. The van der Waals surface area contributed by atoms with Crippen LogP contribution in [0.3, 0.4) is 0 Å². The van der Waals surface area contributed by atoms with E-state index in [1.165, 1.54) is 29.6 Å². The molecule has 2 aromatic carbocycles. The van der Waals surface area contributed by atoms with Gasteiger partial charge in [0.05, 0.1) is 22.0 Å². The zero-order valence-electron chi connectivity index (χ0n) is 20.9. The van der Waals surface area contributed by atoms with Gasteiger partial charge in [-0.1, -0.05) is 24.8 Å². The minimum Gasteiger partial charge on any atom is -0.346 e. The zero-order chi connectivity index (χ0) is 25.8. The summed E-state index contributed by atoms with van der Waals surface area (Å²) in [7, 11) is -3.83. The molecule has 1 aliphatic heterocycles. The molecule has 5 aliphatic rings. The number of nitrogens with one attached hydrogen (secondary N) is 2. The van der Waals surface area contributed by atoms with Gasteiger partial charge in [0.1, 0.15) is 0 Å². The predicted molar refractivity (Wildman–Crippen MR) is 142 cm³/mol. The first-order chi connectivity index (χ1) is 17.8. The number of benzene rings is 2. The molecule has 8 heteroatoms. The van der Waals surface area contributed by atoms with E-state index in [1.54, 1.807) is 36.4 Å². The molecule has 4 bridgehead atoms. The fourth-order valence-electron chi connectivity index (χ4n) is 7.65. The summed E-state index contributed by atoms with van der Waals surface area (Å²) >= 11 is 0. The number of hydrogen-bond donors (Lipinski definition) is 2. The molecular weight excluding hydrogens is 486 g/mol. The van der Waals surface area contributed by atoms with Crippen molar-refractivity contribution in [3.8, 4) is 0 Å². The third kappa shape index (κ3) is 4.25. The van der Waals surface area contributed by atoms with Gasteiger partial charge in [0.25, 0.3) is 10.0 Å². The standard InChI is InChI=1S/C29H33N3O4S/c1-2-27(33)31-25-11-12-32(26-6-4-3-5-24(25)26)37(35,36)23-9-7-22(8-10-23)30-28(34)29-16-19-13-20(17-29)15-21(14-19)18-29/h2-10,19-21,25H,1,11-18H2,(H,30,34)(H,31,33). The number of fused-ring (bicyclic) bond motifs is 1. The first kappa shape index (κ1) is 24.2. The SMILES string of the molecule is C=CC(=O)NC1CCN(S(=O)(=O)c2ccc(NC(=O)C34CC5CC(CC(C5)C3)C4)cc2)c2ccccc21. The molecule has 7 rings (SSSR count). The monoisotopic (exact) mass is 519 g/mol. The topological polar surface area (TPSA) is 95.6 Å². The van der Waals surface area contributed by atoms with Crippen LogP contribution in [0, 0.1) is 23.2 Å². The van der Waals surface area contributed by atoms with Gasteiger partial charge in [-0.2, -0.15) is 0 Å². The van der Waals surface area contributed by atoms with E-state index in [-0.39, 0.29) is 34.7 Å². The van der Waals surface area contributed by atoms with Gasteiger partial charge in [-0.15, -0.1) is 0 Å². The van der Waals surface area contributed by atoms with Gasteiger partial charge in [0.2, 0.25) is 11.8 Å². The van der Waals surface area contributed by atoms with Crippen LogP contribution in [0.4, 0.5) is 11.4 Å². The molecule has 4 saturated carbocycles. The molecular formula is C29H33N3O4S. The molecule has 7 nitrogen and oxygen atoms in total. The number of amides is 2. The van der Waals surface area contributed by atoms with Crippen molar-refractivity contribution in [1.82, 2.24) is 5.32 Å². The third-order valence-corrected chi connectivity index (χ3v) is 10.8. The summed E-state index contributed by atoms with van der Waals surface area (Å²) in [6.07, 6.45) is 8.46. The Bertz CT molecular complexity index is 1320. The molecule has 194 valence electrons. The van der Waals surface area contributed by atoms with Crippen molar-refractivity contribution in [3.05, 3.63) is 66.7 Å². The number of para-hydroxylation sites is 1. The quantitative estimate of drug-likeness (QED) is 0.537. The Morgan fingerprint density at radius 1 is 0.946 bits per heavy atom. The average Bonchev–Trinajstić information content (AvgIpc) is 2.88. The van der Waals surface area contributed by atoms with E-state index in [0.29, 0.717) is 35.5 Å². The first-order valence-corrected chi connectivity index (χ1v) is 14.7. The second kappa shape index (κ2) is 9.01. The van der Waals surface area contributed by atoms with Gasteiger partial charge in [-0.3, -0.25) is 13.9 Å². The van der Waals surface area contributed by atoms with E-state index in [4.69, 9.17) is 0 Å². The lowest BCUT2D eigenvalue weighted by molar-refractivity contribution is -0.140. The Kier molecular flexibility index (Phi) is 5.90. The van der Waals surface area contributed by atoms with Gasteiger partial charge < -0.3 is 10.6 Å². The molecule has 1 heterocycles. The van der Waals surface area contributed by atoms with Crippen LogP contribution < -0.4 is 14.9 Å². The number of carbonyl (C=O) groups is 2. The summed E-state index contributed by atoms with van der Waals surface area (Å²) in [6.45, 7) is 3.74. The normalized spacial score (nSPS) is 29.9. The van der Waals surface area contributed by atoms with Gasteiger partial charge in [0.15, 0.2) is 0 Å². The summed E-state index contributed by atoms with van der Waals surface area (Å²) in [6, 6.07) is 13.5. The predicted octanol–water partition coefficient (Wildman–Crippen LogP) is 4.78. The minimum absolute atomic E-state index is 0.0970. The van der Waals surface area contributed by atoms with Crippen LogP contribution in [0.2, 0.25) is 0 Å². The van der Waals surface area contributed by atoms with Crippen molar-refractivity contribution in [1.29, 1.82) is 0 Å². The van der Waals surface area contributed by atoms with Crippen LogP contribution in [0.15, 0.2) is 66.1 Å². The Balaban J connectivity index is 1.20. The Morgan fingerprint density at radius 2 is 1.57 bits per heavy atom. The van der Waals surface area contributed by atoms with E-state index in [1.807, 2.05) is 12.1 Å². The Hall–Kier alpha value is -3.13. The average molecular weight is 520 g/mol. The highest BCUT2D eigenvalue weighted by Gasteiger charge is 2.54. The lowest BCUT2D eigenvalue weighted by Crippen LogP contribution is -2.51. The fourth-order valence-corrected chi connectivity index (χ4v) is 9.16. The van der Waals surface area contributed by atoms with Crippen molar-refractivity contribution in [2.75, 3.05) is 16.2 Å². The van der Waals surface area contributed by atoms with Crippen LogP contribution in [-0.4, -0.2) is 26.8 Å².